The number of likely N-dealkylation sites (tertiary alicyclic amines) is 1. The van der Waals surface area contributed by atoms with E-state index in [0.29, 0.717) is 29.5 Å². The Kier molecular flexibility index (Phi) is 8.72. The molecule has 2 aliphatic rings. The number of aromatic hydroxyl groups is 1. The van der Waals surface area contributed by atoms with E-state index in [-0.39, 0.29) is 11.8 Å². The van der Waals surface area contributed by atoms with Crippen molar-refractivity contribution in [2.24, 2.45) is 0 Å². The molecular formula is C28H37N3O3. The Bertz CT molecular complexity index is 917. The maximum Gasteiger partial charge on any atom is 0.261 e. The highest BCUT2D eigenvalue weighted by Crippen LogP contribution is 2.23. The highest BCUT2D eigenvalue weighted by atomic mass is 16.3. The minimum absolute atomic E-state index is 0.141. The molecule has 0 atom stereocenters. The summed E-state index contributed by atoms with van der Waals surface area (Å²) in [5.74, 6) is 0.0452. The molecule has 2 heterocycles. The van der Waals surface area contributed by atoms with E-state index in [4.69, 9.17) is 0 Å². The Hall–Kier alpha value is -2.70. The molecule has 0 saturated carbocycles. The Morgan fingerprint density at radius 3 is 2.03 bits per heavy atom. The lowest BCUT2D eigenvalue weighted by Crippen LogP contribution is -2.42. The third kappa shape index (κ3) is 6.45. The Labute approximate surface area is 203 Å². The monoisotopic (exact) mass is 463 g/mol. The van der Waals surface area contributed by atoms with E-state index >= 15 is 0 Å². The third-order valence-electron chi connectivity index (χ3n) is 7.05. The number of unbranched alkanes of at least 4 members (excludes halogenated alkanes) is 5. The van der Waals surface area contributed by atoms with Gasteiger partial charge in [0.1, 0.15) is 5.75 Å². The van der Waals surface area contributed by atoms with Crippen LogP contribution in [0, 0.1) is 0 Å². The number of fused-ring (bicyclic) bond motifs is 1. The molecule has 34 heavy (non-hydrogen) atoms. The molecule has 182 valence electrons. The fourth-order valence-electron chi connectivity index (χ4n) is 5.01. The standard InChI is InChI=1S/C28H37N3O3/c32-24-13-11-22(12-14-24)21-30-19-15-23(16-20-30)29-17-7-3-1-2-4-8-18-31-27(33)25-9-5-6-10-26(25)28(31)34/h5-6,9-14,23,29,32H,1-4,7-8,15-21H2. The number of imide groups is 1. The largest absolute Gasteiger partial charge is 0.508 e. The van der Waals surface area contributed by atoms with Gasteiger partial charge in [0.05, 0.1) is 11.1 Å². The molecule has 1 fully saturated rings. The summed E-state index contributed by atoms with van der Waals surface area (Å²) in [4.78, 5) is 28.6. The van der Waals surface area contributed by atoms with Gasteiger partial charge in [0.2, 0.25) is 0 Å². The van der Waals surface area contributed by atoms with Gasteiger partial charge in [-0.05, 0) is 75.1 Å². The molecule has 6 heteroatoms. The number of nitrogens with one attached hydrogen (secondary N) is 1. The van der Waals surface area contributed by atoms with Gasteiger partial charge in [-0.3, -0.25) is 19.4 Å². The summed E-state index contributed by atoms with van der Waals surface area (Å²) in [6, 6.07) is 15.3. The van der Waals surface area contributed by atoms with E-state index in [9.17, 15) is 14.7 Å². The van der Waals surface area contributed by atoms with Crippen molar-refractivity contribution in [3.63, 3.8) is 0 Å². The van der Waals surface area contributed by atoms with E-state index in [2.05, 4.69) is 10.2 Å². The van der Waals surface area contributed by atoms with Crippen molar-refractivity contribution in [1.29, 1.82) is 0 Å². The average Bonchev–Trinajstić information content (AvgIpc) is 3.10. The van der Waals surface area contributed by atoms with Crippen LogP contribution >= 0.6 is 0 Å². The first kappa shape index (κ1) is 24.4. The molecule has 4 rings (SSSR count). The van der Waals surface area contributed by atoms with Gasteiger partial charge >= 0.3 is 0 Å². The summed E-state index contributed by atoms with van der Waals surface area (Å²) in [6.07, 6.45) is 9.10. The van der Waals surface area contributed by atoms with Crippen LogP contribution in [0.15, 0.2) is 48.5 Å². The van der Waals surface area contributed by atoms with Crippen molar-refractivity contribution in [1.82, 2.24) is 15.1 Å². The molecule has 0 unspecified atom stereocenters. The molecular weight excluding hydrogens is 426 g/mol. The number of rotatable bonds is 12. The van der Waals surface area contributed by atoms with Crippen LogP contribution in [0.1, 0.15) is 77.6 Å². The van der Waals surface area contributed by atoms with Gasteiger partial charge in [-0.1, -0.05) is 49.9 Å². The minimum Gasteiger partial charge on any atom is -0.508 e. The topological polar surface area (TPSA) is 72.9 Å². The first-order valence-electron chi connectivity index (χ1n) is 12.8. The van der Waals surface area contributed by atoms with E-state index in [0.717, 1.165) is 45.4 Å². The van der Waals surface area contributed by atoms with Crippen LogP contribution in [0.25, 0.3) is 0 Å². The summed E-state index contributed by atoms with van der Waals surface area (Å²) < 4.78 is 0. The van der Waals surface area contributed by atoms with Crippen molar-refractivity contribution in [2.45, 2.75) is 64.0 Å². The number of hydrogen-bond donors (Lipinski definition) is 2. The van der Waals surface area contributed by atoms with Gasteiger partial charge in [0, 0.05) is 19.1 Å². The van der Waals surface area contributed by atoms with E-state index < -0.39 is 0 Å². The molecule has 0 radical (unpaired) electrons. The van der Waals surface area contributed by atoms with Crippen molar-refractivity contribution >= 4 is 11.8 Å². The zero-order valence-electron chi connectivity index (χ0n) is 20.0. The fourth-order valence-corrected chi connectivity index (χ4v) is 5.01. The normalized spacial score (nSPS) is 16.9. The quantitative estimate of drug-likeness (QED) is 0.356. The number of carbonyl (C=O) groups excluding carboxylic acids is 2. The van der Waals surface area contributed by atoms with Crippen molar-refractivity contribution in [3.05, 3.63) is 65.2 Å². The summed E-state index contributed by atoms with van der Waals surface area (Å²) in [5, 5.41) is 13.1. The first-order valence-corrected chi connectivity index (χ1v) is 12.8. The molecule has 0 spiro atoms. The molecule has 2 aromatic rings. The van der Waals surface area contributed by atoms with Crippen LogP contribution in [0.5, 0.6) is 5.75 Å². The van der Waals surface area contributed by atoms with E-state index in [1.165, 1.54) is 42.6 Å². The predicted molar refractivity (Wildman–Crippen MR) is 134 cm³/mol. The maximum atomic E-state index is 12.4. The average molecular weight is 464 g/mol. The number of carbonyl (C=O) groups is 2. The number of phenolic OH excluding ortho intramolecular Hbond substituents is 1. The third-order valence-corrected chi connectivity index (χ3v) is 7.05. The van der Waals surface area contributed by atoms with Crippen LogP contribution in [-0.4, -0.2) is 58.9 Å². The van der Waals surface area contributed by atoms with Gasteiger partial charge in [0.25, 0.3) is 11.8 Å². The summed E-state index contributed by atoms with van der Waals surface area (Å²) in [5.41, 5.74) is 2.35. The molecule has 2 aliphatic heterocycles. The summed E-state index contributed by atoms with van der Waals surface area (Å²) >= 11 is 0. The zero-order valence-corrected chi connectivity index (χ0v) is 20.0. The van der Waals surface area contributed by atoms with Crippen molar-refractivity contribution in [3.8, 4) is 5.75 Å². The van der Waals surface area contributed by atoms with Gasteiger partial charge in [-0.25, -0.2) is 0 Å². The highest BCUT2D eigenvalue weighted by Gasteiger charge is 2.34. The number of nitrogens with zero attached hydrogens (tertiary/aromatic N) is 2. The second-order valence-electron chi connectivity index (χ2n) is 9.60. The smallest absolute Gasteiger partial charge is 0.261 e. The number of piperidine rings is 1. The Balaban J connectivity index is 0.997. The van der Waals surface area contributed by atoms with E-state index in [1.54, 1.807) is 24.3 Å². The number of phenols is 1. The number of amides is 2. The van der Waals surface area contributed by atoms with Crippen LogP contribution in [0.4, 0.5) is 0 Å². The van der Waals surface area contributed by atoms with Crippen molar-refractivity contribution in [2.75, 3.05) is 26.2 Å². The molecule has 2 N–H and O–H groups in total. The number of benzene rings is 2. The predicted octanol–water partition coefficient (Wildman–Crippen LogP) is 4.58. The molecule has 2 aromatic carbocycles. The SMILES string of the molecule is O=C1c2ccccc2C(=O)N1CCCCCCCCNC1CCN(Cc2ccc(O)cc2)CC1. The maximum absolute atomic E-state index is 12.4. The second-order valence-corrected chi connectivity index (χ2v) is 9.60. The number of hydrogen-bond acceptors (Lipinski definition) is 5. The Morgan fingerprint density at radius 1 is 0.794 bits per heavy atom. The van der Waals surface area contributed by atoms with Crippen LogP contribution in [0.2, 0.25) is 0 Å². The lowest BCUT2D eigenvalue weighted by molar-refractivity contribution is 0.0651. The van der Waals surface area contributed by atoms with Crippen LogP contribution < -0.4 is 5.32 Å². The van der Waals surface area contributed by atoms with Gasteiger partial charge in [-0.15, -0.1) is 0 Å². The summed E-state index contributed by atoms with van der Waals surface area (Å²) in [6.45, 7) is 4.80. The lowest BCUT2D eigenvalue weighted by Gasteiger charge is -2.32. The fraction of sp³-hybridized carbons (Fsp3) is 0.500. The van der Waals surface area contributed by atoms with E-state index in [1.807, 2.05) is 24.3 Å². The molecule has 0 aromatic heterocycles. The highest BCUT2D eigenvalue weighted by molar-refractivity contribution is 6.21. The minimum atomic E-state index is -0.141. The second kappa shape index (κ2) is 12.1. The van der Waals surface area contributed by atoms with Gasteiger partial charge in [0.15, 0.2) is 0 Å². The zero-order chi connectivity index (χ0) is 23.8. The first-order chi connectivity index (χ1) is 16.6. The van der Waals surface area contributed by atoms with Gasteiger partial charge < -0.3 is 10.4 Å². The van der Waals surface area contributed by atoms with Crippen LogP contribution in [-0.2, 0) is 6.54 Å². The molecule has 0 aliphatic carbocycles. The van der Waals surface area contributed by atoms with Crippen LogP contribution in [0.3, 0.4) is 0 Å². The molecule has 0 bridgehead atoms. The molecule has 2 amide bonds. The molecule has 6 nitrogen and oxygen atoms in total. The van der Waals surface area contributed by atoms with Gasteiger partial charge in [-0.2, -0.15) is 0 Å². The summed E-state index contributed by atoms with van der Waals surface area (Å²) in [7, 11) is 0. The Morgan fingerprint density at radius 2 is 1.38 bits per heavy atom. The lowest BCUT2D eigenvalue weighted by atomic mass is 10.0. The van der Waals surface area contributed by atoms with Crippen molar-refractivity contribution < 1.29 is 14.7 Å². The molecule has 1 saturated heterocycles.